The van der Waals surface area contributed by atoms with Gasteiger partial charge in [0.05, 0.1) is 18.1 Å². The molecule has 1 aromatic carbocycles. The highest BCUT2D eigenvalue weighted by molar-refractivity contribution is 8.01. The van der Waals surface area contributed by atoms with Crippen molar-refractivity contribution in [2.45, 2.75) is 95.3 Å². The summed E-state index contributed by atoms with van der Waals surface area (Å²) in [6, 6.07) is -7.49. The normalized spacial score (nSPS) is 19.9. The molecule has 1 saturated heterocycles. The molecule has 5 N–H and O–H groups in total. The predicted octanol–water partition coefficient (Wildman–Crippen LogP) is 3.02. The van der Waals surface area contributed by atoms with Crippen LogP contribution >= 0.6 is 11.8 Å². The van der Waals surface area contributed by atoms with Gasteiger partial charge < -0.3 is 26.0 Å². The van der Waals surface area contributed by atoms with Gasteiger partial charge in [-0.15, -0.1) is 11.8 Å². The average Bonchev–Trinajstić information content (AvgIpc) is 3.40. The van der Waals surface area contributed by atoms with Crippen molar-refractivity contribution in [2.75, 3.05) is 26.2 Å². The van der Waals surface area contributed by atoms with Crippen LogP contribution in [0.5, 0.6) is 0 Å². The third-order valence-electron chi connectivity index (χ3n) is 7.39. The lowest BCUT2D eigenvalue weighted by Crippen LogP contribution is -2.49. The molecule has 0 saturated carbocycles. The highest BCUT2D eigenvalue weighted by Crippen LogP contribution is 2.42. The number of nitrogens with one attached hydrogen (secondary N) is 4. The number of amides is 4. The number of carboxylic acids is 1. The van der Waals surface area contributed by atoms with Crippen LogP contribution in [0.1, 0.15) is 91.6 Å². The number of benzene rings is 1. The fraction of sp³-hybridized carbons (Fsp3) is 0.625. The summed E-state index contributed by atoms with van der Waals surface area (Å²) < 4.78 is 40.4. The fourth-order valence-electron chi connectivity index (χ4n) is 4.78. The number of carbonyl (C=O) groups excluding carboxylic acids is 5. The Labute approximate surface area is 277 Å². The van der Waals surface area contributed by atoms with Gasteiger partial charge in [0.15, 0.2) is 5.78 Å². The van der Waals surface area contributed by atoms with E-state index in [0.29, 0.717) is 12.8 Å². The molecular weight excluding hydrogens is 598 g/mol. The molecule has 250 valence electrons. The lowest BCUT2D eigenvalue weighted by molar-refractivity contribution is -0.144. The monoisotopic (exact) mass is 652 g/mol. The number of nitrogens with zero attached hydrogens (tertiary/aromatic N) is 1. The number of likely N-dealkylation sites (N-methyl/N-ethyl adjacent to an activating group) is 1. The fourth-order valence-corrected chi connectivity index (χ4v) is 6.33. The molecule has 0 aromatic heterocycles. The molecule has 4 atom stereocenters. The van der Waals surface area contributed by atoms with Crippen LogP contribution < -0.4 is 21.3 Å². The van der Waals surface area contributed by atoms with Crippen molar-refractivity contribution in [1.29, 1.82) is 0 Å². The summed E-state index contributed by atoms with van der Waals surface area (Å²) in [5.41, 5.74) is -0.510. The molecule has 13 heteroatoms. The molecule has 0 spiro atoms. The average molecular weight is 653 g/mol. The molecule has 45 heavy (non-hydrogen) atoms. The minimum Gasteiger partial charge on any atom is -0.480 e. The molecule has 12 nitrogen and oxygen atoms in total. The van der Waals surface area contributed by atoms with Crippen LogP contribution in [0.2, 0.25) is 0 Å². The first-order valence-electron chi connectivity index (χ1n) is 17.8. The van der Waals surface area contributed by atoms with Gasteiger partial charge in [-0.25, -0.2) is 4.79 Å². The maximum atomic E-state index is 14.1. The van der Waals surface area contributed by atoms with E-state index in [9.17, 15) is 33.9 Å². The van der Waals surface area contributed by atoms with E-state index < -0.39 is 106 Å². The van der Waals surface area contributed by atoms with E-state index in [1.54, 1.807) is 20.8 Å². The summed E-state index contributed by atoms with van der Waals surface area (Å²) in [7, 11) is 0. The topological polar surface area (TPSA) is 174 Å². The summed E-state index contributed by atoms with van der Waals surface area (Å²) in [4.78, 5) is 78.9. The number of Topliss-reactive ketones (excluding diaryl/α,β-unsaturated/α-hetero) is 2. The Bertz CT molecular complexity index is 1420. The van der Waals surface area contributed by atoms with E-state index in [1.165, 1.54) is 4.90 Å². The van der Waals surface area contributed by atoms with Crippen molar-refractivity contribution >= 4 is 47.1 Å². The summed E-state index contributed by atoms with van der Waals surface area (Å²) in [6.45, 7) is 9.15. The van der Waals surface area contributed by atoms with Crippen LogP contribution in [-0.2, 0) is 24.0 Å². The summed E-state index contributed by atoms with van der Waals surface area (Å²) in [5.74, 6) is -4.97. The molecule has 1 aromatic rings. The number of urea groups is 1. The SMILES string of the molecule is [2H]c1c([2H])c([2H])c([C@@H](NC(=O)NCCN(CC)C(=O)C(=O)CCCC)C(=O)C[C@H](C(=O)NCCCC)[C@@H]2N[C@@H](C(=O)O)C(C)(C)S2)c([2H])c1[2H]. The molecule has 4 amide bonds. The second-order valence-corrected chi connectivity index (χ2v) is 13.1. The van der Waals surface area contributed by atoms with Crippen molar-refractivity contribution in [3.8, 4) is 0 Å². The third-order valence-corrected chi connectivity index (χ3v) is 8.96. The number of carbonyl (C=O) groups is 6. The summed E-state index contributed by atoms with van der Waals surface area (Å²) in [6.07, 6.45) is 2.22. The number of unbranched alkanes of at least 4 members (excludes halogenated alkanes) is 2. The minimum atomic E-state index is -1.82. The predicted molar refractivity (Wildman–Crippen MR) is 174 cm³/mol. The molecule has 0 unspecified atom stereocenters. The van der Waals surface area contributed by atoms with E-state index in [1.807, 2.05) is 13.8 Å². The number of thioether (sulfide) groups is 1. The standard InChI is InChI=1S/C32H49N5O7S/c1-6-9-16-23(38)29(41)37(8-3)19-18-34-31(44)35-25(21-14-12-11-13-15-21)24(39)20-22(27(40)33-17-10-7-2)28-36-26(30(42)43)32(4,5)45-28/h11-15,22,25-26,28,36H,6-10,16-20H2,1-5H3,(H,33,40)(H,42,43)(H2,34,35,44)/t22-,25-,26+,28-/m1/s1/i11D,12D,13D,14D,15D. The summed E-state index contributed by atoms with van der Waals surface area (Å²) in [5, 5.41) is 19.5. The van der Waals surface area contributed by atoms with Crippen molar-refractivity contribution in [3.05, 3.63) is 35.8 Å². The lowest BCUT2D eigenvalue weighted by atomic mass is 9.93. The number of aliphatic carboxylic acids is 1. The van der Waals surface area contributed by atoms with Crippen molar-refractivity contribution in [1.82, 2.24) is 26.2 Å². The molecule has 0 radical (unpaired) electrons. The number of rotatable bonds is 19. The highest BCUT2D eigenvalue weighted by Gasteiger charge is 2.49. The van der Waals surface area contributed by atoms with Crippen LogP contribution in [0.3, 0.4) is 0 Å². The first-order chi connectivity index (χ1) is 23.4. The maximum absolute atomic E-state index is 14.1. The zero-order valence-corrected chi connectivity index (χ0v) is 27.4. The largest absolute Gasteiger partial charge is 0.480 e. The van der Waals surface area contributed by atoms with Crippen LogP contribution in [0.15, 0.2) is 30.2 Å². The van der Waals surface area contributed by atoms with Gasteiger partial charge >= 0.3 is 12.0 Å². The van der Waals surface area contributed by atoms with Gasteiger partial charge in [-0.1, -0.05) is 56.9 Å². The minimum absolute atomic E-state index is 0.0427. The van der Waals surface area contributed by atoms with Crippen molar-refractivity contribution in [2.24, 2.45) is 5.92 Å². The molecule has 1 fully saturated rings. The lowest BCUT2D eigenvalue weighted by Gasteiger charge is -2.26. The van der Waals surface area contributed by atoms with Gasteiger partial charge in [-0.3, -0.25) is 29.3 Å². The highest BCUT2D eigenvalue weighted by atomic mass is 32.2. The van der Waals surface area contributed by atoms with E-state index in [-0.39, 0.29) is 32.6 Å². The third kappa shape index (κ3) is 11.4. The molecule has 1 aliphatic rings. The number of carboxylic acid groups (broad SMARTS) is 1. The Morgan fingerprint density at radius 2 is 1.69 bits per heavy atom. The van der Waals surface area contributed by atoms with Gasteiger partial charge in [-0.05, 0) is 39.2 Å². The molecule has 2 rings (SSSR count). The van der Waals surface area contributed by atoms with Gasteiger partial charge in [-0.2, -0.15) is 0 Å². The Morgan fingerprint density at radius 3 is 2.27 bits per heavy atom. The number of hydrogen-bond donors (Lipinski definition) is 5. The van der Waals surface area contributed by atoms with E-state index in [0.717, 1.165) is 24.6 Å². The zero-order valence-electron chi connectivity index (χ0n) is 31.6. The number of hydrogen-bond acceptors (Lipinski definition) is 8. The Balaban J connectivity index is 2.43. The maximum Gasteiger partial charge on any atom is 0.322 e. The quantitative estimate of drug-likeness (QED) is 0.111. The smallest absolute Gasteiger partial charge is 0.322 e. The van der Waals surface area contributed by atoms with E-state index in [4.69, 9.17) is 6.85 Å². The Kier molecular flexibility index (Phi) is 12.4. The second-order valence-electron chi connectivity index (χ2n) is 11.3. The van der Waals surface area contributed by atoms with E-state index in [2.05, 4.69) is 21.3 Å². The van der Waals surface area contributed by atoms with Crippen molar-refractivity contribution in [3.63, 3.8) is 0 Å². The molecule has 0 aliphatic carbocycles. The van der Waals surface area contributed by atoms with Gasteiger partial charge in [0.2, 0.25) is 11.7 Å². The van der Waals surface area contributed by atoms with Crippen LogP contribution in [0.25, 0.3) is 0 Å². The molecule has 1 heterocycles. The van der Waals surface area contributed by atoms with Crippen molar-refractivity contribution < 1.29 is 40.7 Å². The first-order valence-corrected chi connectivity index (χ1v) is 16.2. The zero-order chi connectivity index (χ0) is 37.9. The van der Waals surface area contributed by atoms with Gasteiger partial charge in [0, 0.05) is 43.8 Å². The molecular formula is C32H49N5O7S. The van der Waals surface area contributed by atoms with Crippen LogP contribution in [0, 0.1) is 5.92 Å². The summed E-state index contributed by atoms with van der Waals surface area (Å²) >= 11 is 1.16. The molecule has 1 aliphatic heterocycles. The van der Waals surface area contributed by atoms with Crippen LogP contribution in [0.4, 0.5) is 4.79 Å². The van der Waals surface area contributed by atoms with Gasteiger partial charge in [0.25, 0.3) is 5.91 Å². The van der Waals surface area contributed by atoms with Gasteiger partial charge in [0.1, 0.15) is 12.1 Å². The Morgan fingerprint density at radius 1 is 1.02 bits per heavy atom. The first kappa shape index (κ1) is 30.2. The second kappa shape index (κ2) is 18.5. The molecule has 0 bridgehead atoms. The number of ketones is 2. The Hall–Kier alpha value is -3.45. The van der Waals surface area contributed by atoms with E-state index >= 15 is 0 Å². The van der Waals surface area contributed by atoms with Crippen LogP contribution in [-0.4, -0.2) is 87.7 Å².